The SMILES string of the molecule is CCC(CCO)CNCc1cccc([N+](=O)[O-])c1. The predicted molar refractivity (Wildman–Crippen MR) is 70.3 cm³/mol. The van der Waals surface area contributed by atoms with Gasteiger partial charge in [-0.05, 0) is 24.4 Å². The van der Waals surface area contributed by atoms with Crippen molar-refractivity contribution in [3.8, 4) is 0 Å². The Morgan fingerprint density at radius 3 is 2.89 bits per heavy atom. The van der Waals surface area contributed by atoms with Crippen molar-refractivity contribution in [2.45, 2.75) is 26.3 Å². The second-order valence-electron chi connectivity index (χ2n) is 4.34. The zero-order valence-electron chi connectivity index (χ0n) is 10.6. The lowest BCUT2D eigenvalue weighted by molar-refractivity contribution is -0.384. The number of aliphatic hydroxyl groups excluding tert-OH is 1. The van der Waals surface area contributed by atoms with Crippen LogP contribution in [0.1, 0.15) is 25.3 Å². The normalized spacial score (nSPS) is 12.3. The predicted octanol–water partition coefficient (Wildman–Crippen LogP) is 2.09. The molecule has 5 nitrogen and oxygen atoms in total. The molecule has 1 aromatic rings. The first kappa shape index (κ1) is 14.6. The summed E-state index contributed by atoms with van der Waals surface area (Å²) in [6, 6.07) is 6.64. The van der Waals surface area contributed by atoms with Gasteiger partial charge in [0.05, 0.1) is 4.92 Å². The first-order valence-electron chi connectivity index (χ1n) is 6.22. The zero-order valence-corrected chi connectivity index (χ0v) is 10.6. The van der Waals surface area contributed by atoms with Crippen molar-refractivity contribution in [2.75, 3.05) is 13.2 Å². The average molecular weight is 252 g/mol. The highest BCUT2D eigenvalue weighted by Gasteiger charge is 2.07. The van der Waals surface area contributed by atoms with Gasteiger partial charge in [0.1, 0.15) is 0 Å². The van der Waals surface area contributed by atoms with Crippen LogP contribution in [0.25, 0.3) is 0 Å². The monoisotopic (exact) mass is 252 g/mol. The molecule has 0 radical (unpaired) electrons. The van der Waals surface area contributed by atoms with Gasteiger partial charge in [-0.25, -0.2) is 0 Å². The molecule has 1 atom stereocenters. The molecule has 0 fully saturated rings. The van der Waals surface area contributed by atoms with Crippen LogP contribution in [0.5, 0.6) is 0 Å². The molecule has 0 heterocycles. The van der Waals surface area contributed by atoms with Gasteiger partial charge < -0.3 is 10.4 Å². The maximum absolute atomic E-state index is 10.6. The summed E-state index contributed by atoms with van der Waals surface area (Å²) in [5.41, 5.74) is 1.03. The minimum absolute atomic E-state index is 0.122. The van der Waals surface area contributed by atoms with Gasteiger partial charge in [0.2, 0.25) is 0 Å². The number of hydrogen-bond donors (Lipinski definition) is 2. The topological polar surface area (TPSA) is 75.4 Å². The summed E-state index contributed by atoms with van der Waals surface area (Å²) >= 11 is 0. The van der Waals surface area contributed by atoms with Crippen LogP contribution in [0.3, 0.4) is 0 Å². The molecule has 0 saturated heterocycles. The smallest absolute Gasteiger partial charge is 0.269 e. The third kappa shape index (κ3) is 4.81. The fourth-order valence-electron chi connectivity index (χ4n) is 1.83. The maximum atomic E-state index is 10.6. The third-order valence-corrected chi connectivity index (χ3v) is 3.00. The van der Waals surface area contributed by atoms with Gasteiger partial charge in [0, 0.05) is 25.3 Å². The number of non-ortho nitro benzene ring substituents is 1. The second kappa shape index (κ2) is 7.79. The van der Waals surface area contributed by atoms with Crippen molar-refractivity contribution in [3.63, 3.8) is 0 Å². The highest BCUT2D eigenvalue weighted by Crippen LogP contribution is 2.13. The first-order valence-corrected chi connectivity index (χ1v) is 6.22. The molecule has 18 heavy (non-hydrogen) atoms. The summed E-state index contributed by atoms with van der Waals surface area (Å²) in [4.78, 5) is 10.2. The van der Waals surface area contributed by atoms with E-state index in [0.717, 1.165) is 24.9 Å². The van der Waals surface area contributed by atoms with Crippen molar-refractivity contribution in [2.24, 2.45) is 5.92 Å². The van der Waals surface area contributed by atoms with E-state index in [1.807, 2.05) is 6.07 Å². The van der Waals surface area contributed by atoms with Crippen LogP contribution in [-0.2, 0) is 6.54 Å². The number of hydrogen-bond acceptors (Lipinski definition) is 4. The molecule has 1 unspecified atom stereocenters. The van der Waals surface area contributed by atoms with Crippen LogP contribution in [0.15, 0.2) is 24.3 Å². The lowest BCUT2D eigenvalue weighted by atomic mass is 10.0. The minimum atomic E-state index is -0.385. The number of rotatable bonds is 8. The summed E-state index contributed by atoms with van der Waals surface area (Å²) in [6.07, 6.45) is 1.81. The maximum Gasteiger partial charge on any atom is 0.269 e. The minimum Gasteiger partial charge on any atom is -0.396 e. The van der Waals surface area contributed by atoms with Crippen LogP contribution >= 0.6 is 0 Å². The van der Waals surface area contributed by atoms with E-state index in [0.29, 0.717) is 12.5 Å². The summed E-state index contributed by atoms with van der Waals surface area (Å²) in [5.74, 6) is 0.452. The van der Waals surface area contributed by atoms with Gasteiger partial charge in [-0.1, -0.05) is 25.5 Å². The number of nitro benzene ring substituents is 1. The molecule has 0 saturated carbocycles. The molecule has 100 valence electrons. The number of benzene rings is 1. The Kier molecular flexibility index (Phi) is 6.32. The summed E-state index contributed by atoms with van der Waals surface area (Å²) in [7, 11) is 0. The molecule has 0 aromatic heterocycles. The summed E-state index contributed by atoms with van der Waals surface area (Å²) in [5, 5.41) is 22.8. The molecular formula is C13H20N2O3. The van der Waals surface area contributed by atoms with Crippen LogP contribution in [0, 0.1) is 16.0 Å². The Hall–Kier alpha value is -1.46. The van der Waals surface area contributed by atoms with Crippen molar-refractivity contribution in [1.29, 1.82) is 0 Å². The lowest BCUT2D eigenvalue weighted by Crippen LogP contribution is -2.22. The van der Waals surface area contributed by atoms with Gasteiger partial charge in [0.15, 0.2) is 0 Å². The molecule has 1 rings (SSSR count). The number of nitrogens with zero attached hydrogens (tertiary/aromatic N) is 1. The van der Waals surface area contributed by atoms with Crippen molar-refractivity contribution < 1.29 is 10.0 Å². The van der Waals surface area contributed by atoms with Crippen molar-refractivity contribution in [1.82, 2.24) is 5.32 Å². The lowest BCUT2D eigenvalue weighted by Gasteiger charge is -2.14. The largest absolute Gasteiger partial charge is 0.396 e. The van der Waals surface area contributed by atoms with E-state index < -0.39 is 0 Å². The quantitative estimate of drug-likeness (QED) is 0.548. The summed E-state index contributed by atoms with van der Waals surface area (Å²) in [6.45, 7) is 3.73. The van der Waals surface area contributed by atoms with E-state index in [1.165, 1.54) is 6.07 Å². The van der Waals surface area contributed by atoms with Crippen molar-refractivity contribution in [3.05, 3.63) is 39.9 Å². The van der Waals surface area contributed by atoms with E-state index in [4.69, 9.17) is 5.11 Å². The fraction of sp³-hybridized carbons (Fsp3) is 0.538. The average Bonchev–Trinajstić information content (AvgIpc) is 2.38. The second-order valence-corrected chi connectivity index (χ2v) is 4.34. The molecule has 2 N–H and O–H groups in total. The molecular weight excluding hydrogens is 232 g/mol. The number of aliphatic hydroxyl groups is 1. The number of nitrogens with one attached hydrogen (secondary N) is 1. The molecule has 0 aliphatic carbocycles. The molecule has 0 bridgehead atoms. The highest BCUT2D eigenvalue weighted by molar-refractivity contribution is 5.34. The molecule has 0 aliphatic rings. The van der Waals surface area contributed by atoms with Crippen LogP contribution in [-0.4, -0.2) is 23.2 Å². The van der Waals surface area contributed by atoms with Gasteiger partial charge in [-0.3, -0.25) is 10.1 Å². The fourth-order valence-corrected chi connectivity index (χ4v) is 1.83. The van der Waals surface area contributed by atoms with Gasteiger partial charge in [0.25, 0.3) is 5.69 Å². The standard InChI is InChI=1S/C13H20N2O3/c1-2-11(6-7-16)9-14-10-12-4-3-5-13(8-12)15(17)18/h3-5,8,11,14,16H,2,6-7,9-10H2,1H3. The molecule has 0 spiro atoms. The Labute approximate surface area is 107 Å². The van der Waals surface area contributed by atoms with E-state index in [-0.39, 0.29) is 17.2 Å². The van der Waals surface area contributed by atoms with Crippen molar-refractivity contribution >= 4 is 5.69 Å². The van der Waals surface area contributed by atoms with E-state index in [9.17, 15) is 10.1 Å². The third-order valence-electron chi connectivity index (χ3n) is 3.00. The molecule has 0 amide bonds. The Balaban J connectivity index is 2.43. The van der Waals surface area contributed by atoms with Crippen LogP contribution in [0.2, 0.25) is 0 Å². The van der Waals surface area contributed by atoms with Gasteiger partial charge in [-0.2, -0.15) is 0 Å². The Morgan fingerprint density at radius 1 is 1.50 bits per heavy atom. The Bertz CT molecular complexity index is 382. The zero-order chi connectivity index (χ0) is 13.4. The number of nitro groups is 1. The van der Waals surface area contributed by atoms with E-state index in [2.05, 4.69) is 12.2 Å². The summed E-state index contributed by atoms with van der Waals surface area (Å²) < 4.78 is 0. The molecule has 0 aliphatic heterocycles. The van der Waals surface area contributed by atoms with Gasteiger partial charge in [-0.15, -0.1) is 0 Å². The van der Waals surface area contributed by atoms with E-state index >= 15 is 0 Å². The molecule has 5 heteroatoms. The first-order chi connectivity index (χ1) is 8.67. The van der Waals surface area contributed by atoms with Crippen LogP contribution < -0.4 is 5.32 Å². The Morgan fingerprint density at radius 2 is 2.28 bits per heavy atom. The van der Waals surface area contributed by atoms with Crippen LogP contribution in [0.4, 0.5) is 5.69 Å². The highest BCUT2D eigenvalue weighted by atomic mass is 16.6. The van der Waals surface area contributed by atoms with Gasteiger partial charge >= 0.3 is 0 Å². The van der Waals surface area contributed by atoms with E-state index in [1.54, 1.807) is 12.1 Å². The molecule has 1 aromatic carbocycles.